The Hall–Kier alpha value is -3.41. The highest BCUT2D eigenvalue weighted by atomic mass is 16.6. The number of unbranched alkanes of at least 4 members (excludes halogenated alkanes) is 40. The van der Waals surface area contributed by atoms with Crippen molar-refractivity contribution in [3.8, 4) is 0 Å². The van der Waals surface area contributed by atoms with Crippen LogP contribution in [-0.2, 0) is 28.6 Å². The van der Waals surface area contributed by atoms with Gasteiger partial charge >= 0.3 is 17.9 Å². The van der Waals surface area contributed by atoms with E-state index in [-0.39, 0.29) is 31.1 Å². The van der Waals surface area contributed by atoms with Gasteiger partial charge in [-0.25, -0.2) is 0 Å². The van der Waals surface area contributed by atoms with Crippen molar-refractivity contribution in [2.24, 2.45) is 0 Å². The van der Waals surface area contributed by atoms with E-state index >= 15 is 0 Å². The first-order valence-electron chi connectivity index (χ1n) is 35.6. The van der Waals surface area contributed by atoms with E-state index in [4.69, 9.17) is 14.2 Å². The molecule has 0 fully saturated rings. The molecule has 0 N–H and O–H groups in total. The molecule has 0 radical (unpaired) electrons. The van der Waals surface area contributed by atoms with E-state index in [0.717, 1.165) is 122 Å². The third kappa shape index (κ3) is 67.4. The lowest BCUT2D eigenvalue weighted by Gasteiger charge is -2.18. The molecule has 6 heteroatoms. The van der Waals surface area contributed by atoms with Gasteiger partial charge in [-0.2, -0.15) is 0 Å². The average molecular weight is 1140 g/mol. The van der Waals surface area contributed by atoms with Gasteiger partial charge in [-0.05, 0) is 96.3 Å². The summed E-state index contributed by atoms with van der Waals surface area (Å²) in [4.78, 5) is 38.5. The third-order valence-corrected chi connectivity index (χ3v) is 15.6. The van der Waals surface area contributed by atoms with Crippen molar-refractivity contribution in [3.05, 3.63) is 85.1 Å². The van der Waals surface area contributed by atoms with Crippen molar-refractivity contribution in [1.29, 1.82) is 0 Å². The summed E-state index contributed by atoms with van der Waals surface area (Å²) in [7, 11) is 0. The van der Waals surface area contributed by atoms with E-state index in [2.05, 4.69) is 106 Å². The smallest absolute Gasteiger partial charge is 0.306 e. The van der Waals surface area contributed by atoms with Crippen LogP contribution in [0.1, 0.15) is 361 Å². The monoisotopic (exact) mass is 1140 g/mol. The average Bonchev–Trinajstić information content (AvgIpc) is 3.47. The topological polar surface area (TPSA) is 78.9 Å². The standard InChI is InChI=1S/C76H134O6/c1-4-7-10-13-16-19-22-25-28-31-34-36-37-38-39-41-42-45-48-51-54-57-60-63-66-69-75(78)81-72-73(71-80-74(77)68-65-62-59-56-53-50-47-44-33-30-27-24-21-18-15-12-9-6-3)82-76(79)70-67-64-61-58-55-52-49-46-43-40-35-32-29-26-23-20-17-14-11-8-5-2/h8,11,17,20-21,24,26,29-30,33,35,40,46,49,73H,4-7,9-10,12-16,18-19,22-23,25,27-28,31-32,34,36-39,41-45,47-48,50-72H2,1-3H3/b11-8-,20-17-,24-21-,29-26-,33-30-,40-35-,49-46-. The minimum Gasteiger partial charge on any atom is -0.462 e. The van der Waals surface area contributed by atoms with Gasteiger partial charge in [0.1, 0.15) is 13.2 Å². The minimum atomic E-state index is -0.792. The number of ether oxygens (including phenoxy) is 3. The summed E-state index contributed by atoms with van der Waals surface area (Å²) in [6, 6.07) is 0. The van der Waals surface area contributed by atoms with E-state index in [0.29, 0.717) is 19.3 Å². The molecule has 0 bridgehead atoms. The van der Waals surface area contributed by atoms with Crippen molar-refractivity contribution in [1.82, 2.24) is 0 Å². The molecule has 0 amide bonds. The van der Waals surface area contributed by atoms with Gasteiger partial charge in [-0.3, -0.25) is 14.4 Å². The molecule has 6 nitrogen and oxygen atoms in total. The molecule has 0 saturated heterocycles. The summed E-state index contributed by atoms with van der Waals surface area (Å²) in [6.45, 7) is 6.54. The summed E-state index contributed by atoms with van der Waals surface area (Å²) in [5, 5.41) is 0. The highest BCUT2D eigenvalue weighted by Crippen LogP contribution is 2.18. The maximum absolute atomic E-state index is 13.0. The van der Waals surface area contributed by atoms with Crippen molar-refractivity contribution in [2.45, 2.75) is 367 Å². The van der Waals surface area contributed by atoms with Crippen LogP contribution in [0.4, 0.5) is 0 Å². The van der Waals surface area contributed by atoms with Crippen molar-refractivity contribution < 1.29 is 28.6 Å². The molecular formula is C76H134O6. The van der Waals surface area contributed by atoms with Crippen molar-refractivity contribution >= 4 is 17.9 Å². The Labute approximate surface area is 509 Å². The fraction of sp³-hybridized carbons (Fsp3) is 0.776. The van der Waals surface area contributed by atoms with Crippen LogP contribution in [0.25, 0.3) is 0 Å². The Bertz CT molecular complexity index is 1550. The van der Waals surface area contributed by atoms with Crippen molar-refractivity contribution in [2.75, 3.05) is 13.2 Å². The van der Waals surface area contributed by atoms with Crippen LogP contribution in [0.3, 0.4) is 0 Å². The maximum Gasteiger partial charge on any atom is 0.306 e. The van der Waals surface area contributed by atoms with Crippen LogP contribution < -0.4 is 0 Å². The molecule has 0 aromatic heterocycles. The molecule has 82 heavy (non-hydrogen) atoms. The molecule has 0 aliphatic carbocycles. The molecule has 1 unspecified atom stereocenters. The van der Waals surface area contributed by atoms with Crippen LogP contribution in [0.5, 0.6) is 0 Å². The molecule has 0 aromatic rings. The van der Waals surface area contributed by atoms with Gasteiger partial charge in [0.2, 0.25) is 0 Å². The number of allylic oxidation sites excluding steroid dienone is 14. The largest absolute Gasteiger partial charge is 0.462 e. The van der Waals surface area contributed by atoms with E-state index in [1.165, 1.54) is 199 Å². The van der Waals surface area contributed by atoms with Gasteiger partial charge in [0, 0.05) is 19.3 Å². The predicted molar refractivity (Wildman–Crippen MR) is 358 cm³/mol. The first-order valence-corrected chi connectivity index (χ1v) is 35.6. The zero-order valence-corrected chi connectivity index (χ0v) is 54.5. The molecule has 0 aromatic carbocycles. The second-order valence-electron chi connectivity index (χ2n) is 23.8. The molecular weight excluding hydrogens is 1010 g/mol. The summed E-state index contributed by atoms with van der Waals surface area (Å²) >= 11 is 0. The second-order valence-corrected chi connectivity index (χ2v) is 23.8. The SMILES string of the molecule is CC/C=C\C/C=C\C/C=C\C/C=C\C/C=C\CCCCCCCC(=O)OC(COC(=O)CCCCCCCCC/C=C\C/C=C\CCCCCC)COC(=O)CCCCCCCCCCCCCCCCCCCCCCCCCCC. The number of esters is 3. The van der Waals surface area contributed by atoms with Crippen LogP contribution in [0.2, 0.25) is 0 Å². The predicted octanol–water partition coefficient (Wildman–Crippen LogP) is 24.6. The van der Waals surface area contributed by atoms with E-state index < -0.39 is 6.10 Å². The number of carbonyl (C=O) groups is 3. The molecule has 0 aliphatic heterocycles. The lowest BCUT2D eigenvalue weighted by atomic mass is 10.0. The Balaban J connectivity index is 4.36. The Morgan fingerprint density at radius 3 is 0.756 bits per heavy atom. The third-order valence-electron chi connectivity index (χ3n) is 15.6. The molecule has 1 atom stereocenters. The number of carbonyl (C=O) groups excluding carboxylic acids is 3. The molecule has 0 saturated carbocycles. The van der Waals surface area contributed by atoms with Gasteiger partial charge in [-0.1, -0.05) is 331 Å². The number of hydrogen-bond acceptors (Lipinski definition) is 6. The first-order chi connectivity index (χ1) is 40.5. The highest BCUT2D eigenvalue weighted by molar-refractivity contribution is 5.71. The summed E-state index contributed by atoms with van der Waals surface area (Å²) in [5.74, 6) is -0.892. The van der Waals surface area contributed by atoms with E-state index in [1.54, 1.807) is 0 Å². The van der Waals surface area contributed by atoms with Gasteiger partial charge < -0.3 is 14.2 Å². The summed E-state index contributed by atoms with van der Waals surface area (Å²) < 4.78 is 17.0. The fourth-order valence-electron chi connectivity index (χ4n) is 10.3. The summed E-state index contributed by atoms with van der Waals surface area (Å²) in [6.07, 6.45) is 93.2. The van der Waals surface area contributed by atoms with Gasteiger partial charge in [0.25, 0.3) is 0 Å². The minimum absolute atomic E-state index is 0.0842. The van der Waals surface area contributed by atoms with Crippen molar-refractivity contribution in [3.63, 3.8) is 0 Å². The fourth-order valence-corrected chi connectivity index (χ4v) is 10.3. The normalized spacial score (nSPS) is 12.6. The van der Waals surface area contributed by atoms with E-state index in [9.17, 15) is 14.4 Å². The van der Waals surface area contributed by atoms with Crippen LogP contribution in [0, 0.1) is 0 Å². The zero-order chi connectivity index (χ0) is 59.2. The van der Waals surface area contributed by atoms with Gasteiger partial charge in [0.15, 0.2) is 6.10 Å². The molecule has 474 valence electrons. The van der Waals surface area contributed by atoms with Crippen LogP contribution in [-0.4, -0.2) is 37.2 Å². The second kappa shape index (κ2) is 70.1. The Morgan fingerprint density at radius 2 is 0.476 bits per heavy atom. The quantitative estimate of drug-likeness (QED) is 0.0261. The molecule has 0 aliphatic rings. The summed E-state index contributed by atoms with van der Waals surface area (Å²) in [5.41, 5.74) is 0. The number of rotatable bonds is 65. The number of hydrogen-bond donors (Lipinski definition) is 0. The maximum atomic E-state index is 13.0. The Morgan fingerprint density at radius 1 is 0.256 bits per heavy atom. The molecule has 0 spiro atoms. The lowest BCUT2D eigenvalue weighted by molar-refractivity contribution is -0.167. The van der Waals surface area contributed by atoms with Gasteiger partial charge in [0.05, 0.1) is 0 Å². The van der Waals surface area contributed by atoms with Crippen LogP contribution in [0.15, 0.2) is 85.1 Å². The molecule has 0 heterocycles. The van der Waals surface area contributed by atoms with E-state index in [1.807, 2.05) is 0 Å². The molecule has 0 rings (SSSR count). The lowest BCUT2D eigenvalue weighted by Crippen LogP contribution is -2.30. The van der Waals surface area contributed by atoms with Gasteiger partial charge in [-0.15, -0.1) is 0 Å². The van der Waals surface area contributed by atoms with Crippen LogP contribution >= 0.6 is 0 Å². The zero-order valence-electron chi connectivity index (χ0n) is 54.5. The first kappa shape index (κ1) is 78.6. The highest BCUT2D eigenvalue weighted by Gasteiger charge is 2.19. The Kier molecular flexibility index (Phi) is 67.2.